The van der Waals surface area contributed by atoms with Crippen molar-refractivity contribution < 1.29 is 24.2 Å². The molecule has 1 aromatic carbocycles. The van der Waals surface area contributed by atoms with Crippen LogP contribution in [0.3, 0.4) is 0 Å². The first-order valence-electron chi connectivity index (χ1n) is 6.59. The Hall–Kier alpha value is -1.82. The molecule has 22 heavy (non-hydrogen) atoms. The molecule has 5 nitrogen and oxygen atoms in total. The normalized spacial score (nSPS) is 11.5. The molecule has 0 aromatic heterocycles. The zero-order valence-corrected chi connectivity index (χ0v) is 14.6. The van der Waals surface area contributed by atoms with Gasteiger partial charge in [-0.15, -0.1) is 0 Å². The summed E-state index contributed by atoms with van der Waals surface area (Å²) in [5.41, 5.74) is 0.0970. The van der Waals surface area contributed by atoms with E-state index in [0.717, 1.165) is 0 Å². The van der Waals surface area contributed by atoms with Gasteiger partial charge in [-0.3, -0.25) is 4.79 Å². The smallest absolute Gasteiger partial charge is 0.331 e. The molecule has 0 fully saturated rings. The van der Waals surface area contributed by atoms with Crippen LogP contribution in [0.15, 0.2) is 22.7 Å². The zero-order valence-electron chi connectivity index (χ0n) is 13.0. The van der Waals surface area contributed by atoms with Gasteiger partial charge in [0, 0.05) is 11.5 Å². The Labute approximate surface area is 138 Å². The van der Waals surface area contributed by atoms with E-state index in [9.17, 15) is 14.7 Å². The molecule has 0 heterocycles. The van der Waals surface area contributed by atoms with Crippen molar-refractivity contribution in [1.29, 1.82) is 0 Å². The third-order valence-corrected chi connectivity index (χ3v) is 3.47. The van der Waals surface area contributed by atoms with E-state index in [1.54, 1.807) is 32.9 Å². The highest BCUT2D eigenvalue weighted by Gasteiger charge is 2.22. The maximum absolute atomic E-state index is 11.7. The highest BCUT2D eigenvalue weighted by atomic mass is 79.9. The van der Waals surface area contributed by atoms with E-state index in [4.69, 9.17) is 9.47 Å². The van der Waals surface area contributed by atoms with E-state index in [1.165, 1.54) is 19.3 Å². The number of Topliss-reactive ketones (excluding diaryl/α,β-unsaturated/α-hetero) is 1. The van der Waals surface area contributed by atoms with E-state index in [0.29, 0.717) is 10.0 Å². The molecule has 0 aliphatic carbocycles. The summed E-state index contributed by atoms with van der Waals surface area (Å²) in [7, 11) is 1.43. The Morgan fingerprint density at radius 1 is 1.32 bits per heavy atom. The van der Waals surface area contributed by atoms with Gasteiger partial charge in [-0.2, -0.15) is 0 Å². The van der Waals surface area contributed by atoms with Crippen LogP contribution in [0.2, 0.25) is 0 Å². The Kier molecular flexibility index (Phi) is 6.17. The number of carbonyl (C=O) groups excluding carboxylic acids is 2. The van der Waals surface area contributed by atoms with Crippen molar-refractivity contribution in [1.82, 2.24) is 0 Å². The van der Waals surface area contributed by atoms with Crippen molar-refractivity contribution in [2.24, 2.45) is 5.41 Å². The maximum Gasteiger partial charge on any atom is 0.331 e. The van der Waals surface area contributed by atoms with Crippen LogP contribution >= 0.6 is 15.9 Å². The molecule has 1 aromatic rings. The lowest BCUT2D eigenvalue weighted by Crippen LogP contribution is -2.25. The first-order valence-corrected chi connectivity index (χ1v) is 7.39. The number of hydrogen-bond acceptors (Lipinski definition) is 5. The van der Waals surface area contributed by atoms with Gasteiger partial charge in [-0.05, 0) is 39.7 Å². The van der Waals surface area contributed by atoms with Gasteiger partial charge >= 0.3 is 5.97 Å². The van der Waals surface area contributed by atoms with Gasteiger partial charge in [0.05, 0.1) is 11.6 Å². The molecule has 120 valence electrons. The Balaban J connectivity index is 2.71. The van der Waals surface area contributed by atoms with Gasteiger partial charge < -0.3 is 14.6 Å². The number of esters is 1. The lowest BCUT2D eigenvalue weighted by molar-refractivity contribution is -0.145. The summed E-state index contributed by atoms with van der Waals surface area (Å²) in [6.07, 6.45) is 2.73. The summed E-state index contributed by atoms with van der Waals surface area (Å²) < 4.78 is 10.4. The largest absolute Gasteiger partial charge is 0.503 e. The average Bonchev–Trinajstić information content (AvgIpc) is 2.44. The fourth-order valence-electron chi connectivity index (χ4n) is 1.41. The second-order valence-electron chi connectivity index (χ2n) is 5.67. The Morgan fingerprint density at radius 2 is 1.95 bits per heavy atom. The molecule has 0 atom stereocenters. The number of hydrogen-bond donors (Lipinski definition) is 1. The SMILES string of the molecule is COc1cc(/C=C/C(=O)OCC(=O)C(C)(C)C)cc(Br)c1O. The number of ketones is 1. The molecule has 0 saturated carbocycles. The number of methoxy groups -OCH3 is 1. The molecular formula is C16H19BrO5. The third kappa shape index (κ3) is 5.18. The highest BCUT2D eigenvalue weighted by Crippen LogP contribution is 2.35. The van der Waals surface area contributed by atoms with Crippen LogP contribution in [0, 0.1) is 5.41 Å². The summed E-state index contributed by atoms with van der Waals surface area (Å²) in [5.74, 6) is -0.493. The van der Waals surface area contributed by atoms with Crippen LogP contribution in [-0.2, 0) is 14.3 Å². The minimum Gasteiger partial charge on any atom is -0.503 e. The number of carbonyl (C=O) groups is 2. The summed E-state index contributed by atoms with van der Waals surface area (Å²) in [4.78, 5) is 23.3. The lowest BCUT2D eigenvalue weighted by Gasteiger charge is -2.15. The molecule has 1 N–H and O–H groups in total. The molecule has 0 amide bonds. The Bertz CT molecular complexity index is 599. The number of ether oxygens (including phenoxy) is 2. The highest BCUT2D eigenvalue weighted by molar-refractivity contribution is 9.10. The number of halogens is 1. The van der Waals surface area contributed by atoms with Crippen LogP contribution in [-0.4, -0.2) is 30.6 Å². The lowest BCUT2D eigenvalue weighted by atomic mass is 9.91. The number of benzene rings is 1. The minimum atomic E-state index is -0.610. The average molecular weight is 371 g/mol. The molecule has 0 spiro atoms. The van der Waals surface area contributed by atoms with Gasteiger partial charge in [0.1, 0.15) is 0 Å². The van der Waals surface area contributed by atoms with E-state index in [2.05, 4.69) is 15.9 Å². The molecule has 0 aliphatic rings. The standard InChI is InChI=1S/C16H19BrO5/c1-16(2,3)13(18)9-22-14(19)6-5-10-7-11(17)15(20)12(8-10)21-4/h5-8,20H,9H2,1-4H3/b6-5+. The van der Waals surface area contributed by atoms with Crippen molar-refractivity contribution in [3.05, 3.63) is 28.2 Å². The van der Waals surface area contributed by atoms with Crippen molar-refractivity contribution >= 4 is 33.8 Å². The van der Waals surface area contributed by atoms with E-state index < -0.39 is 11.4 Å². The fourth-order valence-corrected chi connectivity index (χ4v) is 1.87. The van der Waals surface area contributed by atoms with Gasteiger partial charge in [-0.25, -0.2) is 4.79 Å². The summed E-state index contributed by atoms with van der Waals surface area (Å²) in [6.45, 7) is 5.03. The monoisotopic (exact) mass is 370 g/mol. The molecule has 0 saturated heterocycles. The molecule has 0 radical (unpaired) electrons. The molecule has 0 aliphatic heterocycles. The second-order valence-corrected chi connectivity index (χ2v) is 6.52. The predicted octanol–water partition coefficient (Wildman–Crippen LogP) is 3.33. The van der Waals surface area contributed by atoms with E-state index in [1.807, 2.05) is 0 Å². The quantitative estimate of drug-likeness (QED) is 0.635. The number of aromatic hydroxyl groups is 1. The minimum absolute atomic E-state index is 0.0157. The fraction of sp³-hybridized carbons (Fsp3) is 0.375. The van der Waals surface area contributed by atoms with Gasteiger partial charge in [0.2, 0.25) is 0 Å². The number of phenolic OH excluding ortho intramolecular Hbond substituents is 1. The summed E-state index contributed by atoms with van der Waals surface area (Å²) in [5, 5.41) is 9.70. The van der Waals surface area contributed by atoms with Crippen LogP contribution in [0.5, 0.6) is 11.5 Å². The third-order valence-electron chi connectivity index (χ3n) is 2.86. The number of phenols is 1. The second kappa shape index (κ2) is 7.45. The molecule has 1 rings (SSSR count). The van der Waals surface area contributed by atoms with Crippen LogP contribution < -0.4 is 4.74 Å². The number of rotatable bonds is 5. The first kappa shape index (κ1) is 18.2. The predicted molar refractivity (Wildman–Crippen MR) is 86.8 cm³/mol. The Morgan fingerprint density at radius 3 is 2.50 bits per heavy atom. The molecule has 0 unspecified atom stereocenters. The van der Waals surface area contributed by atoms with Crippen LogP contribution in [0.1, 0.15) is 26.3 Å². The zero-order chi connectivity index (χ0) is 16.9. The molecule has 0 bridgehead atoms. The topological polar surface area (TPSA) is 72.8 Å². The summed E-state index contributed by atoms with van der Waals surface area (Å²) >= 11 is 3.19. The van der Waals surface area contributed by atoms with Crippen molar-refractivity contribution in [2.75, 3.05) is 13.7 Å². The van der Waals surface area contributed by atoms with Crippen molar-refractivity contribution in [2.45, 2.75) is 20.8 Å². The molecule has 6 heteroatoms. The van der Waals surface area contributed by atoms with E-state index in [-0.39, 0.29) is 23.9 Å². The van der Waals surface area contributed by atoms with Crippen LogP contribution in [0.25, 0.3) is 6.08 Å². The first-order chi connectivity index (χ1) is 10.1. The van der Waals surface area contributed by atoms with E-state index >= 15 is 0 Å². The van der Waals surface area contributed by atoms with Crippen molar-refractivity contribution in [3.63, 3.8) is 0 Å². The molecular weight excluding hydrogens is 352 g/mol. The van der Waals surface area contributed by atoms with Crippen LogP contribution in [0.4, 0.5) is 0 Å². The maximum atomic E-state index is 11.7. The summed E-state index contributed by atoms with van der Waals surface area (Å²) in [6, 6.07) is 3.20. The van der Waals surface area contributed by atoms with Crippen molar-refractivity contribution in [3.8, 4) is 11.5 Å². The van der Waals surface area contributed by atoms with Gasteiger partial charge in [0.15, 0.2) is 23.9 Å². The van der Waals surface area contributed by atoms with Gasteiger partial charge in [-0.1, -0.05) is 20.8 Å². The van der Waals surface area contributed by atoms with Gasteiger partial charge in [0.25, 0.3) is 0 Å².